The van der Waals surface area contributed by atoms with Crippen molar-refractivity contribution in [2.24, 2.45) is 0 Å². The van der Waals surface area contributed by atoms with Gasteiger partial charge in [0.2, 0.25) is 0 Å². The van der Waals surface area contributed by atoms with Crippen molar-refractivity contribution in [1.29, 1.82) is 0 Å². The number of aromatic amines is 1. The minimum Gasteiger partial charge on any atom is -0.349 e. The number of aromatic nitrogens is 4. The van der Waals surface area contributed by atoms with Crippen molar-refractivity contribution in [3.8, 4) is 0 Å². The van der Waals surface area contributed by atoms with Crippen molar-refractivity contribution in [2.45, 2.75) is 54.5 Å². The highest BCUT2D eigenvalue weighted by molar-refractivity contribution is 7.99. The van der Waals surface area contributed by atoms with Gasteiger partial charge in [-0.3, -0.25) is 14.6 Å². The molecule has 196 valence electrons. The van der Waals surface area contributed by atoms with E-state index < -0.39 is 5.82 Å². The largest absolute Gasteiger partial charge is 0.349 e. The van der Waals surface area contributed by atoms with Crippen molar-refractivity contribution in [2.75, 3.05) is 19.6 Å². The van der Waals surface area contributed by atoms with Crippen molar-refractivity contribution < 1.29 is 9.18 Å². The van der Waals surface area contributed by atoms with Crippen LogP contribution in [0.15, 0.2) is 58.6 Å². The molecule has 2 fully saturated rings. The molecule has 2 aromatic carbocycles. The van der Waals surface area contributed by atoms with Gasteiger partial charge < -0.3 is 10.2 Å². The van der Waals surface area contributed by atoms with Gasteiger partial charge in [-0.15, -0.1) is 0 Å². The van der Waals surface area contributed by atoms with Gasteiger partial charge >= 0.3 is 0 Å². The van der Waals surface area contributed by atoms with E-state index in [2.05, 4.69) is 31.7 Å². The number of nitrogens with one attached hydrogen (secondary N) is 2. The smallest absolute Gasteiger partial charge is 0.252 e. The second-order valence-corrected chi connectivity index (χ2v) is 11.1. The van der Waals surface area contributed by atoms with Gasteiger partial charge in [0.1, 0.15) is 5.82 Å². The van der Waals surface area contributed by atoms with Gasteiger partial charge in [-0.1, -0.05) is 17.8 Å². The molecule has 2 aliphatic rings. The number of hydrogen-bond acceptors (Lipinski definition) is 5. The molecular formula is C29H31FN6OS. The molecule has 6 rings (SSSR count). The average Bonchev–Trinajstić information content (AvgIpc) is 3.28. The molecule has 0 bridgehead atoms. The maximum Gasteiger partial charge on any atom is 0.252 e. The van der Waals surface area contributed by atoms with Crippen molar-refractivity contribution in [1.82, 2.24) is 30.2 Å². The molecule has 1 aliphatic carbocycles. The molecule has 0 unspecified atom stereocenters. The Morgan fingerprint density at radius 2 is 2.03 bits per heavy atom. The summed E-state index contributed by atoms with van der Waals surface area (Å²) in [6.07, 6.45) is 13.7. The predicted molar refractivity (Wildman–Crippen MR) is 149 cm³/mol. The van der Waals surface area contributed by atoms with Crippen LogP contribution in [0.1, 0.15) is 53.7 Å². The molecule has 2 N–H and O–H groups in total. The molecule has 1 amide bonds. The number of amides is 1. The lowest BCUT2D eigenvalue weighted by Crippen LogP contribution is -2.26. The Morgan fingerprint density at radius 1 is 1.16 bits per heavy atom. The molecule has 0 spiro atoms. The SMILES string of the molecule is O=C(NC1CC1)c1cccc(F)c1Sc1ccc2c(/C=C/c3cnn(CCCN4CCCC4)c3)n[nH]c2c1. The highest BCUT2D eigenvalue weighted by atomic mass is 32.2. The normalized spacial score (nSPS) is 16.1. The molecule has 7 nitrogen and oxygen atoms in total. The minimum atomic E-state index is -0.400. The van der Waals surface area contributed by atoms with Gasteiger partial charge in [-0.05, 0) is 94.2 Å². The van der Waals surface area contributed by atoms with E-state index in [0.717, 1.165) is 59.4 Å². The summed E-state index contributed by atoms with van der Waals surface area (Å²) in [5.41, 5.74) is 3.08. The van der Waals surface area contributed by atoms with E-state index >= 15 is 0 Å². The summed E-state index contributed by atoms with van der Waals surface area (Å²) < 4.78 is 16.7. The van der Waals surface area contributed by atoms with Crippen LogP contribution in [-0.4, -0.2) is 56.5 Å². The zero-order valence-electron chi connectivity index (χ0n) is 21.2. The number of carbonyl (C=O) groups excluding carboxylic acids is 1. The Morgan fingerprint density at radius 3 is 2.87 bits per heavy atom. The van der Waals surface area contributed by atoms with Gasteiger partial charge in [-0.25, -0.2) is 4.39 Å². The van der Waals surface area contributed by atoms with E-state index in [1.807, 2.05) is 41.2 Å². The van der Waals surface area contributed by atoms with Crippen molar-refractivity contribution in [3.63, 3.8) is 0 Å². The topological polar surface area (TPSA) is 78.8 Å². The predicted octanol–water partition coefficient (Wildman–Crippen LogP) is 5.60. The molecular weight excluding hydrogens is 499 g/mol. The van der Waals surface area contributed by atoms with Gasteiger partial charge in [0.15, 0.2) is 0 Å². The number of carbonyl (C=O) groups is 1. The lowest BCUT2D eigenvalue weighted by molar-refractivity contribution is 0.0947. The van der Waals surface area contributed by atoms with E-state index in [-0.39, 0.29) is 11.9 Å². The van der Waals surface area contributed by atoms with Gasteiger partial charge in [0, 0.05) is 34.6 Å². The number of nitrogens with zero attached hydrogens (tertiary/aromatic N) is 4. The summed E-state index contributed by atoms with van der Waals surface area (Å²) in [6.45, 7) is 4.51. The summed E-state index contributed by atoms with van der Waals surface area (Å²) in [5, 5.41) is 16.0. The highest BCUT2D eigenvalue weighted by Crippen LogP contribution is 2.35. The van der Waals surface area contributed by atoms with Crippen molar-refractivity contribution >= 4 is 40.7 Å². The third-order valence-electron chi connectivity index (χ3n) is 7.05. The lowest BCUT2D eigenvalue weighted by atomic mass is 10.2. The van der Waals surface area contributed by atoms with Crippen molar-refractivity contribution in [3.05, 3.63) is 71.4 Å². The third kappa shape index (κ3) is 5.84. The van der Waals surface area contributed by atoms with Crippen LogP contribution in [-0.2, 0) is 6.54 Å². The Labute approximate surface area is 225 Å². The standard InChI is InChI=1S/C29H31FN6OS/c30-25-6-3-5-24(29(37)32-21-8-9-21)28(25)38-22-10-11-23-26(33-34-27(23)17-22)12-7-20-18-31-36(19-20)16-4-15-35-13-1-2-14-35/h3,5-7,10-12,17-19,21H,1-2,4,8-9,13-16H2,(H,32,37)(H,33,34)/b12-7+. The molecule has 3 heterocycles. The summed E-state index contributed by atoms with van der Waals surface area (Å²) >= 11 is 1.25. The third-order valence-corrected chi connectivity index (χ3v) is 8.16. The minimum absolute atomic E-state index is 0.213. The van der Waals surface area contributed by atoms with Crippen LogP contribution in [0.4, 0.5) is 4.39 Å². The van der Waals surface area contributed by atoms with E-state index in [0.29, 0.717) is 10.5 Å². The lowest BCUT2D eigenvalue weighted by Gasteiger charge is -2.13. The number of rotatable bonds is 10. The molecule has 38 heavy (non-hydrogen) atoms. The summed E-state index contributed by atoms with van der Waals surface area (Å²) in [7, 11) is 0. The van der Waals surface area contributed by atoms with Crippen LogP contribution >= 0.6 is 11.8 Å². The van der Waals surface area contributed by atoms with Gasteiger partial charge in [-0.2, -0.15) is 10.2 Å². The first-order chi connectivity index (χ1) is 18.6. The Balaban J connectivity index is 1.12. The second kappa shape index (κ2) is 11.1. The monoisotopic (exact) mass is 530 g/mol. The number of aryl methyl sites for hydroxylation is 1. The van der Waals surface area contributed by atoms with E-state index in [1.165, 1.54) is 43.8 Å². The fraction of sp³-hybridized carbons (Fsp3) is 0.345. The van der Waals surface area contributed by atoms with Gasteiger partial charge in [0.05, 0.1) is 27.9 Å². The highest BCUT2D eigenvalue weighted by Gasteiger charge is 2.26. The number of hydrogen-bond donors (Lipinski definition) is 2. The molecule has 0 radical (unpaired) electrons. The molecule has 1 saturated carbocycles. The molecule has 1 saturated heterocycles. The van der Waals surface area contributed by atoms with E-state index in [1.54, 1.807) is 12.1 Å². The fourth-order valence-electron chi connectivity index (χ4n) is 4.84. The number of likely N-dealkylation sites (tertiary alicyclic amines) is 1. The molecule has 2 aromatic heterocycles. The van der Waals surface area contributed by atoms with Gasteiger partial charge in [0.25, 0.3) is 5.91 Å². The Bertz CT molecular complexity index is 1470. The van der Waals surface area contributed by atoms with E-state index in [4.69, 9.17) is 0 Å². The number of H-pyrrole nitrogens is 1. The zero-order valence-corrected chi connectivity index (χ0v) is 22.0. The van der Waals surface area contributed by atoms with E-state index in [9.17, 15) is 9.18 Å². The van der Waals surface area contributed by atoms with Crippen LogP contribution in [0.25, 0.3) is 23.1 Å². The Kier molecular flexibility index (Phi) is 7.29. The quantitative estimate of drug-likeness (QED) is 0.279. The number of benzene rings is 2. The summed E-state index contributed by atoms with van der Waals surface area (Å²) in [6, 6.07) is 10.7. The Hall–Kier alpha value is -3.43. The van der Waals surface area contributed by atoms with Crippen LogP contribution in [0, 0.1) is 5.82 Å². The summed E-state index contributed by atoms with van der Waals surface area (Å²) in [4.78, 5) is 16.3. The number of halogens is 1. The molecule has 9 heteroatoms. The zero-order chi connectivity index (χ0) is 25.9. The molecule has 0 atom stereocenters. The molecule has 1 aliphatic heterocycles. The van der Waals surface area contributed by atoms with Crippen LogP contribution in [0.3, 0.4) is 0 Å². The second-order valence-electron chi connectivity index (χ2n) is 10.1. The number of fused-ring (bicyclic) bond motifs is 1. The van der Waals surface area contributed by atoms with Crippen LogP contribution in [0.5, 0.6) is 0 Å². The maximum atomic E-state index is 14.7. The first-order valence-electron chi connectivity index (χ1n) is 13.3. The van der Waals surface area contributed by atoms with Crippen LogP contribution in [0.2, 0.25) is 0 Å². The first-order valence-corrected chi connectivity index (χ1v) is 14.1. The van der Waals surface area contributed by atoms with Crippen LogP contribution < -0.4 is 5.32 Å². The first kappa shape index (κ1) is 24.9. The maximum absolute atomic E-state index is 14.7. The summed E-state index contributed by atoms with van der Waals surface area (Å²) in [5.74, 6) is -0.622. The molecule has 4 aromatic rings. The average molecular weight is 531 g/mol. The fourth-order valence-corrected chi connectivity index (χ4v) is 5.82.